The molecule has 0 amide bonds. The second-order valence-electron chi connectivity index (χ2n) is 4.94. The summed E-state index contributed by atoms with van der Waals surface area (Å²) < 4.78 is 23.4. The Hall–Kier alpha value is -2.95. The van der Waals surface area contributed by atoms with E-state index < -0.39 is 11.8 Å². The lowest BCUT2D eigenvalue weighted by Crippen LogP contribution is -2.04. The van der Waals surface area contributed by atoms with Gasteiger partial charge in [0.25, 0.3) is 0 Å². The minimum absolute atomic E-state index is 0.280. The smallest absolute Gasteiger partial charge is 0.338 e. The quantitative estimate of drug-likeness (QED) is 0.690. The normalized spacial score (nSPS) is 10.6. The number of hydrogen-bond acceptors (Lipinski definition) is 4. The highest BCUT2D eigenvalue weighted by Crippen LogP contribution is 2.27. The van der Waals surface area contributed by atoms with Crippen LogP contribution >= 0.6 is 0 Å². The fraction of sp³-hybridized carbons (Fsp3) is 0.111. The average molecular weight is 311 g/mol. The molecule has 0 aliphatic heterocycles. The summed E-state index contributed by atoms with van der Waals surface area (Å²) in [6.45, 7) is 0. The highest BCUT2D eigenvalue weighted by Gasteiger charge is 2.15. The average Bonchev–Trinajstić information content (AvgIpc) is 2.60. The maximum atomic E-state index is 13.5. The molecule has 0 saturated carbocycles. The van der Waals surface area contributed by atoms with Gasteiger partial charge in [0.15, 0.2) is 0 Å². The third kappa shape index (κ3) is 2.85. The van der Waals surface area contributed by atoms with Crippen molar-refractivity contribution in [2.45, 2.75) is 0 Å². The molecule has 0 radical (unpaired) electrons. The van der Waals surface area contributed by atoms with Crippen LogP contribution in [0, 0.1) is 5.82 Å². The van der Waals surface area contributed by atoms with Gasteiger partial charge in [-0.1, -0.05) is 0 Å². The van der Waals surface area contributed by atoms with Gasteiger partial charge in [-0.25, -0.2) is 14.2 Å². The van der Waals surface area contributed by atoms with E-state index in [4.69, 9.17) is 9.47 Å². The number of carbonyl (C=O) groups is 1. The van der Waals surface area contributed by atoms with Gasteiger partial charge in [0.2, 0.25) is 0 Å². The fourth-order valence-electron chi connectivity index (χ4n) is 2.39. The molecule has 116 valence electrons. The Morgan fingerprint density at radius 2 is 1.78 bits per heavy atom. The van der Waals surface area contributed by atoms with Gasteiger partial charge < -0.3 is 9.47 Å². The zero-order chi connectivity index (χ0) is 16.4. The van der Waals surface area contributed by atoms with Crippen molar-refractivity contribution in [3.05, 3.63) is 59.9 Å². The monoisotopic (exact) mass is 311 g/mol. The lowest BCUT2D eigenvalue weighted by Gasteiger charge is -2.09. The Morgan fingerprint density at radius 1 is 1.04 bits per heavy atom. The summed E-state index contributed by atoms with van der Waals surface area (Å²) in [5, 5.41) is 0.425. The van der Waals surface area contributed by atoms with Crippen molar-refractivity contribution >= 4 is 16.9 Å². The molecule has 4 nitrogen and oxygen atoms in total. The van der Waals surface area contributed by atoms with E-state index in [1.54, 1.807) is 19.2 Å². The summed E-state index contributed by atoms with van der Waals surface area (Å²) in [5.74, 6) is -0.232. The van der Waals surface area contributed by atoms with Gasteiger partial charge in [0.1, 0.15) is 11.6 Å². The zero-order valence-corrected chi connectivity index (χ0v) is 12.7. The molecule has 3 aromatic rings. The van der Waals surface area contributed by atoms with Gasteiger partial charge in [0.05, 0.1) is 31.0 Å². The highest BCUT2D eigenvalue weighted by atomic mass is 19.1. The predicted octanol–water partition coefficient (Wildman–Crippen LogP) is 3.84. The number of carbonyl (C=O) groups excluding carboxylic acids is 1. The molecule has 0 aliphatic carbocycles. The van der Waals surface area contributed by atoms with Crippen molar-refractivity contribution in [3.8, 4) is 17.0 Å². The van der Waals surface area contributed by atoms with Gasteiger partial charge in [-0.05, 0) is 48.5 Å². The molecular weight excluding hydrogens is 297 g/mol. The van der Waals surface area contributed by atoms with Crippen molar-refractivity contribution in [2.75, 3.05) is 14.2 Å². The van der Waals surface area contributed by atoms with Gasteiger partial charge in [-0.3, -0.25) is 0 Å². The van der Waals surface area contributed by atoms with E-state index >= 15 is 0 Å². The van der Waals surface area contributed by atoms with Gasteiger partial charge >= 0.3 is 5.97 Å². The van der Waals surface area contributed by atoms with E-state index in [0.717, 1.165) is 11.3 Å². The standard InChI is InChI=1S/C18H14FNO3/c1-22-13-6-3-11(4-7-13)17-10-15(18(21)23-2)14-9-12(19)5-8-16(14)20-17/h3-10H,1-2H3. The number of pyridine rings is 1. The number of halogens is 1. The first-order chi connectivity index (χ1) is 11.1. The molecule has 0 bridgehead atoms. The van der Waals surface area contributed by atoms with Crippen molar-refractivity contribution < 1.29 is 18.7 Å². The topological polar surface area (TPSA) is 48.4 Å². The Morgan fingerprint density at radius 3 is 2.43 bits per heavy atom. The SMILES string of the molecule is COC(=O)c1cc(-c2ccc(OC)cc2)nc2ccc(F)cc12. The molecule has 5 heteroatoms. The first kappa shape index (κ1) is 15.0. The van der Waals surface area contributed by atoms with E-state index in [9.17, 15) is 9.18 Å². The highest BCUT2D eigenvalue weighted by molar-refractivity contribution is 6.04. The molecule has 0 aliphatic rings. The molecule has 3 rings (SSSR count). The number of methoxy groups -OCH3 is 2. The van der Waals surface area contributed by atoms with Crippen molar-refractivity contribution in [2.24, 2.45) is 0 Å². The van der Waals surface area contributed by atoms with Crippen LogP contribution in [0.15, 0.2) is 48.5 Å². The third-order valence-electron chi connectivity index (χ3n) is 3.56. The number of hydrogen-bond donors (Lipinski definition) is 0. The molecule has 23 heavy (non-hydrogen) atoms. The fourth-order valence-corrected chi connectivity index (χ4v) is 2.39. The minimum Gasteiger partial charge on any atom is -0.497 e. The van der Waals surface area contributed by atoms with Crippen LogP contribution in [0.1, 0.15) is 10.4 Å². The Bertz CT molecular complexity index is 875. The Kier molecular flexibility index (Phi) is 3.93. The molecule has 0 fully saturated rings. The summed E-state index contributed by atoms with van der Waals surface area (Å²) in [6.07, 6.45) is 0. The minimum atomic E-state index is -0.530. The van der Waals surface area contributed by atoms with E-state index in [0.29, 0.717) is 16.6 Å². The summed E-state index contributed by atoms with van der Waals surface area (Å²) in [4.78, 5) is 16.5. The molecule has 0 spiro atoms. The zero-order valence-electron chi connectivity index (χ0n) is 12.7. The molecule has 1 heterocycles. The maximum absolute atomic E-state index is 13.5. The van der Waals surface area contributed by atoms with Crippen LogP contribution in [0.3, 0.4) is 0 Å². The number of aromatic nitrogens is 1. The summed E-state index contributed by atoms with van der Waals surface area (Å²) in [5.41, 5.74) is 2.23. The molecule has 0 atom stereocenters. The Labute approximate surface area is 132 Å². The van der Waals surface area contributed by atoms with E-state index in [-0.39, 0.29) is 5.56 Å². The van der Waals surface area contributed by atoms with Crippen LogP contribution in [-0.2, 0) is 4.74 Å². The van der Waals surface area contributed by atoms with Crippen molar-refractivity contribution in [1.29, 1.82) is 0 Å². The summed E-state index contributed by atoms with van der Waals surface area (Å²) >= 11 is 0. The van der Waals surface area contributed by atoms with Crippen LogP contribution in [0.2, 0.25) is 0 Å². The number of ether oxygens (including phenoxy) is 2. The number of rotatable bonds is 3. The number of benzene rings is 2. The van der Waals surface area contributed by atoms with Crippen LogP contribution < -0.4 is 4.74 Å². The molecule has 0 N–H and O–H groups in total. The molecular formula is C18H14FNO3. The first-order valence-electron chi connectivity index (χ1n) is 6.95. The van der Waals surface area contributed by atoms with Crippen LogP contribution in [-0.4, -0.2) is 25.2 Å². The van der Waals surface area contributed by atoms with E-state index in [1.807, 2.05) is 24.3 Å². The van der Waals surface area contributed by atoms with E-state index in [2.05, 4.69) is 4.98 Å². The van der Waals surface area contributed by atoms with Gasteiger partial charge in [-0.2, -0.15) is 0 Å². The number of esters is 1. The third-order valence-corrected chi connectivity index (χ3v) is 3.56. The van der Waals surface area contributed by atoms with Crippen LogP contribution in [0.5, 0.6) is 5.75 Å². The molecule has 0 unspecified atom stereocenters. The van der Waals surface area contributed by atoms with Crippen LogP contribution in [0.4, 0.5) is 4.39 Å². The lowest BCUT2D eigenvalue weighted by atomic mass is 10.0. The number of fused-ring (bicyclic) bond motifs is 1. The summed E-state index contributed by atoms with van der Waals surface area (Å²) in [6, 6.07) is 13.1. The van der Waals surface area contributed by atoms with Crippen molar-refractivity contribution in [1.82, 2.24) is 4.98 Å². The lowest BCUT2D eigenvalue weighted by molar-refractivity contribution is 0.0603. The van der Waals surface area contributed by atoms with Crippen LogP contribution in [0.25, 0.3) is 22.2 Å². The number of nitrogens with zero attached hydrogens (tertiary/aromatic N) is 1. The predicted molar refractivity (Wildman–Crippen MR) is 85.0 cm³/mol. The second-order valence-corrected chi connectivity index (χ2v) is 4.94. The van der Waals surface area contributed by atoms with Gasteiger partial charge in [-0.15, -0.1) is 0 Å². The van der Waals surface area contributed by atoms with E-state index in [1.165, 1.54) is 19.2 Å². The Balaban J connectivity index is 2.21. The van der Waals surface area contributed by atoms with Crippen molar-refractivity contribution in [3.63, 3.8) is 0 Å². The molecule has 2 aromatic carbocycles. The summed E-state index contributed by atoms with van der Waals surface area (Å²) in [7, 11) is 2.88. The largest absolute Gasteiger partial charge is 0.497 e. The van der Waals surface area contributed by atoms with Gasteiger partial charge in [0, 0.05) is 10.9 Å². The maximum Gasteiger partial charge on any atom is 0.338 e. The molecule has 1 aromatic heterocycles. The second kappa shape index (κ2) is 6.04. The first-order valence-corrected chi connectivity index (χ1v) is 6.95. The molecule has 0 saturated heterocycles.